The van der Waals surface area contributed by atoms with Crippen molar-refractivity contribution < 1.29 is 19.4 Å². The minimum atomic E-state index is -1.05. The Morgan fingerprint density at radius 3 is 2.40 bits per heavy atom. The number of hydrazine groups is 1. The molecule has 1 rings (SSSR count). The number of carbonyl (C=O) groups is 2. The van der Waals surface area contributed by atoms with E-state index in [0.717, 1.165) is 0 Å². The first kappa shape index (κ1) is 13.1. The summed E-state index contributed by atoms with van der Waals surface area (Å²) in [6.07, 6.45) is 0. The molecule has 0 atom stereocenters. The van der Waals surface area contributed by atoms with Crippen LogP contribution in [0.3, 0.4) is 0 Å². The Balaban J connectivity index is 0.000000921. The second-order valence-electron chi connectivity index (χ2n) is 2.43. The van der Waals surface area contributed by atoms with Crippen LogP contribution in [0.2, 0.25) is 0 Å². The molecule has 82 valence electrons. The van der Waals surface area contributed by atoms with E-state index in [9.17, 15) is 9.59 Å². The van der Waals surface area contributed by atoms with Gasteiger partial charge in [0.15, 0.2) is 0 Å². The number of hydrogen-bond acceptors (Lipinski definition) is 5. The smallest absolute Gasteiger partial charge is 0.335 e. The fourth-order valence-corrected chi connectivity index (χ4v) is 0.859. The van der Waals surface area contributed by atoms with Crippen molar-refractivity contribution in [3.05, 3.63) is 29.8 Å². The van der Waals surface area contributed by atoms with E-state index in [1.807, 2.05) is 0 Å². The van der Waals surface area contributed by atoms with Gasteiger partial charge in [-0.1, -0.05) is 6.07 Å². The SMILES string of the molecule is CC(=O)Oc1cccc(C(=O)O)c1.NN. The summed E-state index contributed by atoms with van der Waals surface area (Å²) in [5.41, 5.74) is 0.0961. The van der Waals surface area contributed by atoms with E-state index >= 15 is 0 Å². The average molecular weight is 212 g/mol. The zero-order chi connectivity index (χ0) is 11.8. The van der Waals surface area contributed by atoms with Gasteiger partial charge in [-0.05, 0) is 18.2 Å². The number of esters is 1. The van der Waals surface area contributed by atoms with Gasteiger partial charge in [0.2, 0.25) is 0 Å². The lowest BCUT2D eigenvalue weighted by Gasteiger charge is -2.00. The molecule has 1 aromatic rings. The molecule has 1 aromatic carbocycles. The first-order chi connectivity index (χ1) is 7.09. The normalized spacial score (nSPS) is 8.47. The highest BCUT2D eigenvalue weighted by molar-refractivity contribution is 5.88. The highest BCUT2D eigenvalue weighted by atomic mass is 16.5. The van der Waals surface area contributed by atoms with E-state index in [-0.39, 0.29) is 11.3 Å². The minimum Gasteiger partial charge on any atom is -0.478 e. The molecule has 0 spiro atoms. The van der Waals surface area contributed by atoms with Crippen molar-refractivity contribution in [3.8, 4) is 5.75 Å². The second-order valence-corrected chi connectivity index (χ2v) is 2.43. The average Bonchev–Trinajstić information content (AvgIpc) is 2.20. The summed E-state index contributed by atoms with van der Waals surface area (Å²) in [6, 6.07) is 5.76. The third-order valence-electron chi connectivity index (χ3n) is 1.34. The molecule has 6 heteroatoms. The Labute approximate surface area is 86.4 Å². The number of nitrogens with two attached hydrogens (primary N) is 2. The van der Waals surface area contributed by atoms with Gasteiger partial charge in [0.1, 0.15) is 5.75 Å². The van der Waals surface area contributed by atoms with Gasteiger partial charge in [0, 0.05) is 6.92 Å². The first-order valence-corrected chi connectivity index (χ1v) is 3.94. The van der Waals surface area contributed by atoms with Gasteiger partial charge in [-0.2, -0.15) is 0 Å². The maximum Gasteiger partial charge on any atom is 0.335 e. The van der Waals surface area contributed by atoms with Crippen molar-refractivity contribution in [3.63, 3.8) is 0 Å². The van der Waals surface area contributed by atoms with Crippen LogP contribution in [0.15, 0.2) is 24.3 Å². The zero-order valence-corrected chi connectivity index (χ0v) is 8.14. The molecule has 0 radical (unpaired) electrons. The minimum absolute atomic E-state index is 0.0961. The Hall–Kier alpha value is -1.92. The molecule has 0 aromatic heterocycles. The summed E-state index contributed by atoms with van der Waals surface area (Å²) in [4.78, 5) is 21.0. The lowest BCUT2D eigenvalue weighted by molar-refractivity contribution is -0.131. The third kappa shape index (κ3) is 4.75. The highest BCUT2D eigenvalue weighted by Crippen LogP contribution is 2.13. The number of rotatable bonds is 2. The molecule has 0 heterocycles. The van der Waals surface area contributed by atoms with Crippen LogP contribution in [0.5, 0.6) is 5.75 Å². The molecule has 0 amide bonds. The molecular weight excluding hydrogens is 200 g/mol. The van der Waals surface area contributed by atoms with Gasteiger partial charge in [0.25, 0.3) is 0 Å². The Kier molecular flexibility index (Phi) is 5.69. The van der Waals surface area contributed by atoms with Crippen molar-refractivity contribution in [2.45, 2.75) is 6.92 Å². The maximum absolute atomic E-state index is 10.5. The summed E-state index contributed by atoms with van der Waals surface area (Å²) in [6.45, 7) is 1.26. The molecule has 0 bridgehead atoms. The molecule has 0 saturated heterocycles. The van der Waals surface area contributed by atoms with E-state index in [2.05, 4.69) is 11.7 Å². The van der Waals surface area contributed by atoms with Gasteiger partial charge in [-0.15, -0.1) is 0 Å². The van der Waals surface area contributed by atoms with Crippen LogP contribution in [0.4, 0.5) is 0 Å². The molecule has 0 saturated carbocycles. The summed E-state index contributed by atoms with van der Waals surface area (Å²) < 4.78 is 4.70. The number of carboxylic acids is 1. The largest absolute Gasteiger partial charge is 0.478 e. The molecule has 0 fully saturated rings. The van der Waals surface area contributed by atoms with Crippen LogP contribution in [-0.4, -0.2) is 17.0 Å². The summed E-state index contributed by atoms with van der Waals surface area (Å²) in [7, 11) is 0. The number of carboxylic acid groups (broad SMARTS) is 1. The fraction of sp³-hybridized carbons (Fsp3) is 0.111. The summed E-state index contributed by atoms with van der Waals surface area (Å²) >= 11 is 0. The van der Waals surface area contributed by atoms with Crippen LogP contribution in [0.1, 0.15) is 17.3 Å². The summed E-state index contributed by atoms with van der Waals surface area (Å²) in [5.74, 6) is 6.73. The van der Waals surface area contributed by atoms with E-state index in [1.165, 1.54) is 31.2 Å². The van der Waals surface area contributed by atoms with Gasteiger partial charge < -0.3 is 9.84 Å². The molecule has 5 N–H and O–H groups in total. The number of ether oxygens (including phenoxy) is 1. The number of benzene rings is 1. The lowest BCUT2D eigenvalue weighted by Crippen LogP contribution is -2.03. The Morgan fingerprint density at radius 2 is 1.93 bits per heavy atom. The van der Waals surface area contributed by atoms with E-state index in [1.54, 1.807) is 0 Å². The van der Waals surface area contributed by atoms with Crippen LogP contribution in [0.25, 0.3) is 0 Å². The summed E-state index contributed by atoms with van der Waals surface area (Å²) in [5, 5.41) is 8.60. The van der Waals surface area contributed by atoms with Gasteiger partial charge in [0.05, 0.1) is 5.56 Å². The van der Waals surface area contributed by atoms with Crippen LogP contribution < -0.4 is 16.4 Å². The predicted octanol–water partition coefficient (Wildman–Crippen LogP) is 0.129. The number of carbonyl (C=O) groups excluding carboxylic acids is 1. The lowest BCUT2D eigenvalue weighted by atomic mass is 10.2. The Bertz CT molecular complexity index is 352. The quantitative estimate of drug-likeness (QED) is 0.278. The molecule has 0 unspecified atom stereocenters. The van der Waals surface area contributed by atoms with Gasteiger partial charge in [-0.3, -0.25) is 16.5 Å². The van der Waals surface area contributed by atoms with Crippen LogP contribution in [-0.2, 0) is 4.79 Å². The third-order valence-corrected chi connectivity index (χ3v) is 1.34. The molecule has 0 aliphatic rings. The van der Waals surface area contributed by atoms with Crippen molar-refractivity contribution >= 4 is 11.9 Å². The molecule has 6 nitrogen and oxygen atoms in total. The van der Waals surface area contributed by atoms with E-state index in [0.29, 0.717) is 0 Å². The van der Waals surface area contributed by atoms with Crippen molar-refractivity contribution in [1.29, 1.82) is 0 Å². The van der Waals surface area contributed by atoms with Crippen LogP contribution >= 0.6 is 0 Å². The molecule has 0 aliphatic heterocycles. The molecule has 15 heavy (non-hydrogen) atoms. The van der Waals surface area contributed by atoms with Crippen molar-refractivity contribution in [2.24, 2.45) is 11.7 Å². The zero-order valence-electron chi connectivity index (χ0n) is 8.14. The molecule has 0 aliphatic carbocycles. The standard InChI is InChI=1S/C9H8O4.H4N2/c1-6(10)13-8-4-2-3-7(5-8)9(11)12;1-2/h2-5H,1H3,(H,11,12);1-2H2. The molecular formula is C9H12N2O4. The highest BCUT2D eigenvalue weighted by Gasteiger charge is 2.04. The van der Waals surface area contributed by atoms with Crippen molar-refractivity contribution in [1.82, 2.24) is 0 Å². The Morgan fingerprint density at radius 1 is 1.33 bits per heavy atom. The van der Waals surface area contributed by atoms with Gasteiger partial charge in [-0.25, -0.2) is 4.79 Å². The van der Waals surface area contributed by atoms with E-state index in [4.69, 9.17) is 9.84 Å². The first-order valence-electron chi connectivity index (χ1n) is 3.94. The number of aromatic carboxylic acids is 1. The number of hydrogen-bond donors (Lipinski definition) is 3. The van der Waals surface area contributed by atoms with Crippen LogP contribution in [0, 0.1) is 0 Å². The fourth-order valence-electron chi connectivity index (χ4n) is 0.859. The van der Waals surface area contributed by atoms with Crippen molar-refractivity contribution in [2.75, 3.05) is 0 Å². The maximum atomic E-state index is 10.5. The topological polar surface area (TPSA) is 116 Å². The second kappa shape index (κ2) is 6.52. The predicted molar refractivity (Wildman–Crippen MR) is 53.1 cm³/mol. The van der Waals surface area contributed by atoms with Gasteiger partial charge >= 0.3 is 11.9 Å². The van der Waals surface area contributed by atoms with E-state index < -0.39 is 11.9 Å². The monoisotopic (exact) mass is 212 g/mol.